The van der Waals surface area contributed by atoms with E-state index in [9.17, 15) is 12.8 Å². The van der Waals surface area contributed by atoms with Crippen LogP contribution in [-0.2, 0) is 10.0 Å². The van der Waals surface area contributed by atoms with E-state index in [-0.39, 0.29) is 11.4 Å². The summed E-state index contributed by atoms with van der Waals surface area (Å²) in [5.74, 6) is 0. The lowest BCUT2D eigenvalue weighted by Crippen LogP contribution is -2.29. The van der Waals surface area contributed by atoms with Crippen LogP contribution in [0.3, 0.4) is 0 Å². The maximum atomic E-state index is 12.5. The molecule has 0 amide bonds. The zero-order valence-electron chi connectivity index (χ0n) is 8.07. The zero-order valence-corrected chi connectivity index (χ0v) is 9.65. The Bertz CT molecular complexity index is 416. The molecule has 0 radical (unpaired) electrons. The van der Waals surface area contributed by atoms with E-state index in [4.69, 9.17) is 11.6 Å². The Hall–Kier alpha value is -0.650. The number of hydrogen-bond acceptors (Lipinski definition) is 2. The van der Waals surface area contributed by atoms with Crippen LogP contribution in [0.4, 0.5) is 4.39 Å². The van der Waals surface area contributed by atoms with Gasteiger partial charge in [-0.15, -0.1) is 0 Å². The molecule has 1 aromatic carbocycles. The number of sulfonamides is 1. The van der Waals surface area contributed by atoms with Crippen molar-refractivity contribution in [2.75, 3.05) is 6.54 Å². The van der Waals surface area contributed by atoms with E-state index in [1.807, 2.05) is 0 Å². The molecule has 0 aliphatic carbocycles. The monoisotopic (exact) mass is 251 g/mol. The molecule has 1 N–H and O–H groups in total. The molecule has 84 valence electrons. The topological polar surface area (TPSA) is 46.2 Å². The average molecular weight is 252 g/mol. The number of benzene rings is 1. The molecular formula is C9H11ClFNO2S. The summed E-state index contributed by atoms with van der Waals surface area (Å²) in [6.45, 7) is 1.05. The predicted octanol–water partition coefficient (Wildman–Crippen LogP) is 1.98. The van der Waals surface area contributed by atoms with Crippen LogP contribution in [0.2, 0.25) is 5.02 Å². The standard InChI is InChI=1S/C9H11ClFNO2S/c1-7(11)6-12-15(13,14)9-4-2-8(10)3-5-9/h2-5,7,12H,6H2,1H3. The number of rotatable bonds is 4. The second kappa shape index (κ2) is 4.92. The molecule has 15 heavy (non-hydrogen) atoms. The predicted molar refractivity (Wildman–Crippen MR) is 57.2 cm³/mol. The summed E-state index contributed by atoms with van der Waals surface area (Å²) in [5, 5.41) is 0.452. The fourth-order valence-electron chi connectivity index (χ4n) is 0.922. The largest absolute Gasteiger partial charge is 0.246 e. The molecular weight excluding hydrogens is 241 g/mol. The SMILES string of the molecule is CC(F)CNS(=O)(=O)c1ccc(Cl)cc1. The minimum Gasteiger partial charge on any atom is -0.246 e. The van der Waals surface area contributed by atoms with Gasteiger partial charge in [-0.1, -0.05) is 11.6 Å². The molecule has 0 aromatic heterocycles. The molecule has 0 spiro atoms. The van der Waals surface area contributed by atoms with Gasteiger partial charge in [0.1, 0.15) is 6.17 Å². The minimum absolute atomic E-state index is 0.0764. The van der Waals surface area contributed by atoms with Crippen molar-refractivity contribution >= 4 is 21.6 Å². The van der Waals surface area contributed by atoms with Crippen LogP contribution >= 0.6 is 11.6 Å². The molecule has 0 aliphatic heterocycles. The Kier molecular flexibility index (Phi) is 4.07. The van der Waals surface area contributed by atoms with Gasteiger partial charge in [0.25, 0.3) is 0 Å². The third kappa shape index (κ3) is 3.77. The molecule has 0 saturated carbocycles. The molecule has 0 bridgehead atoms. The first-order chi connectivity index (χ1) is 6.92. The van der Waals surface area contributed by atoms with Crippen molar-refractivity contribution in [3.63, 3.8) is 0 Å². The normalized spacial score (nSPS) is 13.8. The molecule has 0 heterocycles. The molecule has 1 rings (SSSR count). The maximum absolute atomic E-state index is 12.5. The highest BCUT2D eigenvalue weighted by Crippen LogP contribution is 2.13. The van der Waals surface area contributed by atoms with E-state index in [0.29, 0.717) is 5.02 Å². The molecule has 0 aliphatic rings. The lowest BCUT2D eigenvalue weighted by atomic mass is 10.4. The first kappa shape index (κ1) is 12.4. The van der Waals surface area contributed by atoms with Crippen molar-refractivity contribution in [2.45, 2.75) is 18.0 Å². The fraction of sp³-hybridized carbons (Fsp3) is 0.333. The van der Waals surface area contributed by atoms with E-state index < -0.39 is 16.2 Å². The molecule has 1 unspecified atom stereocenters. The van der Waals surface area contributed by atoms with Gasteiger partial charge in [-0.2, -0.15) is 0 Å². The third-order valence-corrected chi connectivity index (χ3v) is 3.37. The van der Waals surface area contributed by atoms with Crippen LogP contribution in [-0.4, -0.2) is 21.1 Å². The Labute approximate surface area is 93.3 Å². The van der Waals surface area contributed by atoms with Gasteiger partial charge >= 0.3 is 0 Å². The van der Waals surface area contributed by atoms with E-state index in [0.717, 1.165) is 0 Å². The van der Waals surface area contributed by atoms with Crippen molar-refractivity contribution in [1.82, 2.24) is 4.72 Å². The van der Waals surface area contributed by atoms with Gasteiger partial charge < -0.3 is 0 Å². The molecule has 0 saturated heterocycles. The van der Waals surface area contributed by atoms with Crippen LogP contribution in [0.25, 0.3) is 0 Å². The van der Waals surface area contributed by atoms with E-state index in [1.165, 1.54) is 31.2 Å². The second-order valence-electron chi connectivity index (χ2n) is 3.09. The summed E-state index contributed by atoms with van der Waals surface area (Å²) in [4.78, 5) is 0.0764. The first-order valence-electron chi connectivity index (χ1n) is 4.31. The van der Waals surface area contributed by atoms with Gasteiger partial charge in [0.15, 0.2) is 0 Å². The van der Waals surface area contributed by atoms with Gasteiger partial charge in [-0.3, -0.25) is 0 Å². The van der Waals surface area contributed by atoms with Crippen molar-refractivity contribution in [1.29, 1.82) is 0 Å². The van der Waals surface area contributed by atoms with Crippen LogP contribution in [0.15, 0.2) is 29.2 Å². The van der Waals surface area contributed by atoms with E-state index >= 15 is 0 Å². The van der Waals surface area contributed by atoms with Crippen LogP contribution in [0.5, 0.6) is 0 Å². The molecule has 0 fully saturated rings. The molecule has 1 atom stereocenters. The Morgan fingerprint density at radius 1 is 1.40 bits per heavy atom. The van der Waals surface area contributed by atoms with Crippen LogP contribution < -0.4 is 4.72 Å². The average Bonchev–Trinajstić information content (AvgIpc) is 2.16. The van der Waals surface area contributed by atoms with E-state index in [1.54, 1.807) is 0 Å². The van der Waals surface area contributed by atoms with E-state index in [2.05, 4.69) is 4.72 Å². The third-order valence-electron chi connectivity index (χ3n) is 1.68. The van der Waals surface area contributed by atoms with Gasteiger partial charge in [0.2, 0.25) is 10.0 Å². The van der Waals surface area contributed by atoms with Crippen molar-refractivity contribution in [3.05, 3.63) is 29.3 Å². The first-order valence-corrected chi connectivity index (χ1v) is 6.17. The summed E-state index contributed by atoms with van der Waals surface area (Å²) < 4.78 is 37.7. The summed E-state index contributed by atoms with van der Waals surface area (Å²) in [6.07, 6.45) is -1.22. The Balaban J connectivity index is 2.82. The van der Waals surface area contributed by atoms with Crippen LogP contribution in [0, 0.1) is 0 Å². The van der Waals surface area contributed by atoms with Crippen molar-refractivity contribution < 1.29 is 12.8 Å². The van der Waals surface area contributed by atoms with Crippen molar-refractivity contribution in [2.24, 2.45) is 0 Å². The molecule has 1 aromatic rings. The lowest BCUT2D eigenvalue weighted by Gasteiger charge is -2.06. The van der Waals surface area contributed by atoms with Crippen LogP contribution in [0.1, 0.15) is 6.92 Å². The smallest absolute Gasteiger partial charge is 0.240 e. The summed E-state index contributed by atoms with van der Waals surface area (Å²) in [6, 6.07) is 5.67. The summed E-state index contributed by atoms with van der Waals surface area (Å²) >= 11 is 5.61. The van der Waals surface area contributed by atoms with Crippen molar-refractivity contribution in [3.8, 4) is 0 Å². The number of alkyl halides is 1. The Morgan fingerprint density at radius 3 is 2.40 bits per heavy atom. The Morgan fingerprint density at radius 2 is 1.93 bits per heavy atom. The maximum Gasteiger partial charge on any atom is 0.240 e. The lowest BCUT2D eigenvalue weighted by molar-refractivity contribution is 0.360. The minimum atomic E-state index is -3.62. The fourth-order valence-corrected chi connectivity index (χ4v) is 2.16. The van der Waals surface area contributed by atoms with Gasteiger partial charge in [0.05, 0.1) is 4.90 Å². The van der Waals surface area contributed by atoms with Gasteiger partial charge in [-0.25, -0.2) is 17.5 Å². The quantitative estimate of drug-likeness (QED) is 0.889. The number of halogens is 2. The zero-order chi connectivity index (χ0) is 11.5. The summed E-state index contributed by atoms with van der Waals surface area (Å²) in [5.41, 5.74) is 0. The number of nitrogens with one attached hydrogen (secondary N) is 1. The van der Waals surface area contributed by atoms with Gasteiger partial charge in [0, 0.05) is 11.6 Å². The summed E-state index contributed by atoms with van der Waals surface area (Å²) in [7, 11) is -3.62. The highest BCUT2D eigenvalue weighted by atomic mass is 35.5. The second-order valence-corrected chi connectivity index (χ2v) is 5.29. The number of hydrogen-bond donors (Lipinski definition) is 1. The highest BCUT2D eigenvalue weighted by molar-refractivity contribution is 7.89. The molecule has 3 nitrogen and oxygen atoms in total. The molecule has 6 heteroatoms. The van der Waals surface area contributed by atoms with Gasteiger partial charge in [-0.05, 0) is 31.2 Å². The highest BCUT2D eigenvalue weighted by Gasteiger charge is 2.14.